The second-order valence-corrected chi connectivity index (χ2v) is 7.32. The molecule has 0 saturated heterocycles. The Morgan fingerprint density at radius 2 is 1.61 bits per heavy atom. The molecule has 0 aliphatic rings. The van der Waals surface area contributed by atoms with Gasteiger partial charge in [0, 0.05) is 0 Å². The molecular weight excluding hydrogens is 390 g/mol. The van der Waals surface area contributed by atoms with Gasteiger partial charge in [-0.15, -0.1) is 0 Å². The van der Waals surface area contributed by atoms with Crippen LogP contribution in [-0.2, 0) is 24.2 Å². The first-order valence-corrected chi connectivity index (χ1v) is 10.3. The number of oxime groups is 1. The van der Waals surface area contributed by atoms with Crippen molar-refractivity contribution in [2.24, 2.45) is 5.16 Å². The van der Waals surface area contributed by atoms with E-state index >= 15 is 0 Å². The first kappa shape index (κ1) is 22.1. The third-order valence-corrected chi connectivity index (χ3v) is 5.15. The number of esters is 1. The van der Waals surface area contributed by atoms with E-state index in [0.717, 1.165) is 47.3 Å². The third kappa shape index (κ3) is 6.19. The summed E-state index contributed by atoms with van der Waals surface area (Å²) < 4.78 is 10.8. The van der Waals surface area contributed by atoms with Crippen molar-refractivity contribution in [3.63, 3.8) is 0 Å². The number of rotatable bonds is 9. The van der Waals surface area contributed by atoms with Crippen molar-refractivity contribution in [2.75, 3.05) is 7.11 Å². The molecule has 0 amide bonds. The zero-order valence-corrected chi connectivity index (χ0v) is 17.9. The third-order valence-electron chi connectivity index (χ3n) is 5.15. The zero-order valence-electron chi connectivity index (χ0n) is 17.9. The number of benzene rings is 3. The molecule has 0 radical (unpaired) electrons. The number of hydrogen-bond acceptors (Lipinski definition) is 5. The molecule has 5 nitrogen and oxygen atoms in total. The minimum absolute atomic E-state index is 0.329. The molecule has 3 rings (SSSR count). The SMILES string of the molecule is COC(=O)c1ccc(CCCc2cc(C(C)=NO)ccc2OCc2ccccc2)cc1. The van der Waals surface area contributed by atoms with E-state index in [9.17, 15) is 4.79 Å². The number of ether oxygens (including phenoxy) is 2. The Labute approximate surface area is 182 Å². The maximum Gasteiger partial charge on any atom is 0.337 e. The fraction of sp³-hybridized carbons (Fsp3) is 0.231. The van der Waals surface area contributed by atoms with Crippen molar-refractivity contribution >= 4 is 11.7 Å². The summed E-state index contributed by atoms with van der Waals surface area (Å²) in [6.07, 6.45) is 2.60. The van der Waals surface area contributed by atoms with E-state index in [1.165, 1.54) is 7.11 Å². The molecule has 0 atom stereocenters. The minimum atomic E-state index is -0.329. The van der Waals surface area contributed by atoms with Crippen LogP contribution in [0.15, 0.2) is 78.0 Å². The smallest absolute Gasteiger partial charge is 0.337 e. The Morgan fingerprint density at radius 1 is 0.903 bits per heavy atom. The number of methoxy groups -OCH3 is 1. The van der Waals surface area contributed by atoms with E-state index in [4.69, 9.17) is 14.7 Å². The lowest BCUT2D eigenvalue weighted by Gasteiger charge is -2.14. The van der Waals surface area contributed by atoms with Gasteiger partial charge in [0.05, 0.1) is 18.4 Å². The molecule has 31 heavy (non-hydrogen) atoms. The molecule has 5 heteroatoms. The normalized spacial score (nSPS) is 11.2. The van der Waals surface area contributed by atoms with Crippen LogP contribution in [0.25, 0.3) is 0 Å². The van der Waals surface area contributed by atoms with Crippen LogP contribution in [0, 0.1) is 0 Å². The average molecular weight is 418 g/mol. The van der Waals surface area contributed by atoms with Crippen LogP contribution in [0.5, 0.6) is 5.75 Å². The summed E-state index contributed by atoms with van der Waals surface area (Å²) in [5.74, 6) is 0.504. The summed E-state index contributed by atoms with van der Waals surface area (Å²) in [6, 6.07) is 23.4. The van der Waals surface area contributed by atoms with Gasteiger partial charge < -0.3 is 14.7 Å². The van der Waals surface area contributed by atoms with Gasteiger partial charge in [-0.25, -0.2) is 4.79 Å². The highest BCUT2D eigenvalue weighted by Gasteiger charge is 2.09. The van der Waals surface area contributed by atoms with Crippen LogP contribution in [0.2, 0.25) is 0 Å². The van der Waals surface area contributed by atoms with Crippen LogP contribution in [0.1, 0.15) is 46.0 Å². The lowest BCUT2D eigenvalue weighted by Crippen LogP contribution is -2.03. The van der Waals surface area contributed by atoms with E-state index in [2.05, 4.69) is 5.16 Å². The van der Waals surface area contributed by atoms with E-state index < -0.39 is 0 Å². The molecule has 0 aromatic heterocycles. The van der Waals surface area contributed by atoms with Gasteiger partial charge >= 0.3 is 5.97 Å². The van der Waals surface area contributed by atoms with E-state index in [1.807, 2.05) is 60.7 Å². The molecule has 0 saturated carbocycles. The standard InChI is InChI=1S/C26H27NO4/c1-19(27-29)23-15-16-25(31-18-21-7-4-3-5-8-21)24(17-23)10-6-9-20-11-13-22(14-12-20)26(28)30-2/h3-5,7-8,11-17,29H,6,9-10,18H2,1-2H3. The lowest BCUT2D eigenvalue weighted by atomic mass is 9.99. The molecule has 0 unspecified atom stereocenters. The van der Waals surface area contributed by atoms with Gasteiger partial charge in [-0.1, -0.05) is 47.6 Å². The molecule has 0 fully saturated rings. The summed E-state index contributed by atoms with van der Waals surface area (Å²) in [5.41, 5.74) is 5.32. The molecule has 0 heterocycles. The van der Waals surface area contributed by atoms with Crippen LogP contribution < -0.4 is 4.74 Å². The topological polar surface area (TPSA) is 68.1 Å². The first-order valence-electron chi connectivity index (χ1n) is 10.3. The number of carbonyl (C=O) groups excluding carboxylic acids is 1. The molecule has 160 valence electrons. The highest BCUT2D eigenvalue weighted by molar-refractivity contribution is 5.98. The lowest BCUT2D eigenvalue weighted by molar-refractivity contribution is 0.0600. The van der Waals surface area contributed by atoms with Gasteiger partial charge in [0.25, 0.3) is 0 Å². The molecule has 3 aromatic carbocycles. The number of hydrogen-bond donors (Lipinski definition) is 1. The van der Waals surface area contributed by atoms with Crippen molar-refractivity contribution in [3.8, 4) is 5.75 Å². The largest absolute Gasteiger partial charge is 0.489 e. The number of nitrogens with zero attached hydrogens (tertiary/aromatic N) is 1. The van der Waals surface area contributed by atoms with Crippen LogP contribution in [0.4, 0.5) is 0 Å². The summed E-state index contributed by atoms with van der Waals surface area (Å²) in [5, 5.41) is 12.4. The highest BCUT2D eigenvalue weighted by atomic mass is 16.5. The van der Waals surface area contributed by atoms with Crippen molar-refractivity contribution in [2.45, 2.75) is 32.8 Å². The maximum atomic E-state index is 11.6. The first-order chi connectivity index (χ1) is 15.1. The summed E-state index contributed by atoms with van der Waals surface area (Å²) in [7, 11) is 1.38. The Hall–Kier alpha value is -3.60. The maximum absolute atomic E-state index is 11.6. The van der Waals surface area contributed by atoms with Gasteiger partial charge in [-0.2, -0.15) is 0 Å². The number of aryl methyl sites for hydroxylation is 2. The Kier molecular flexibility index (Phi) is 7.82. The van der Waals surface area contributed by atoms with Crippen LogP contribution in [-0.4, -0.2) is 24.0 Å². The minimum Gasteiger partial charge on any atom is -0.489 e. The Bertz CT molecular complexity index is 1030. The second kappa shape index (κ2) is 11.0. The fourth-order valence-corrected chi connectivity index (χ4v) is 3.34. The van der Waals surface area contributed by atoms with Gasteiger partial charge in [0.15, 0.2) is 0 Å². The monoisotopic (exact) mass is 417 g/mol. The van der Waals surface area contributed by atoms with Crippen LogP contribution in [0.3, 0.4) is 0 Å². The summed E-state index contributed by atoms with van der Waals surface area (Å²) in [4.78, 5) is 11.6. The Morgan fingerprint density at radius 3 is 2.29 bits per heavy atom. The van der Waals surface area contributed by atoms with Crippen molar-refractivity contribution < 1.29 is 19.5 Å². The molecule has 3 aromatic rings. The molecule has 0 aliphatic heterocycles. The number of carbonyl (C=O) groups is 1. The molecule has 0 spiro atoms. The van der Waals surface area contributed by atoms with Gasteiger partial charge in [0.1, 0.15) is 12.4 Å². The second-order valence-electron chi connectivity index (χ2n) is 7.32. The van der Waals surface area contributed by atoms with E-state index in [1.54, 1.807) is 19.1 Å². The molecule has 0 bridgehead atoms. The molecule has 1 N–H and O–H groups in total. The fourth-order valence-electron chi connectivity index (χ4n) is 3.34. The highest BCUT2D eigenvalue weighted by Crippen LogP contribution is 2.24. The predicted molar refractivity (Wildman–Crippen MR) is 121 cm³/mol. The van der Waals surface area contributed by atoms with E-state index in [-0.39, 0.29) is 5.97 Å². The van der Waals surface area contributed by atoms with Crippen molar-refractivity contribution in [3.05, 3.63) is 101 Å². The molecular formula is C26H27NO4. The summed E-state index contributed by atoms with van der Waals surface area (Å²) >= 11 is 0. The van der Waals surface area contributed by atoms with E-state index in [0.29, 0.717) is 17.9 Å². The average Bonchev–Trinajstić information content (AvgIpc) is 2.83. The zero-order chi connectivity index (χ0) is 22.1. The predicted octanol–water partition coefficient (Wildman–Crippen LogP) is 5.43. The van der Waals surface area contributed by atoms with Crippen molar-refractivity contribution in [1.29, 1.82) is 0 Å². The summed E-state index contributed by atoms with van der Waals surface area (Å²) in [6.45, 7) is 2.27. The van der Waals surface area contributed by atoms with Crippen molar-refractivity contribution in [1.82, 2.24) is 0 Å². The van der Waals surface area contributed by atoms with Gasteiger partial charge in [-0.3, -0.25) is 0 Å². The Balaban J connectivity index is 1.69. The quantitative estimate of drug-likeness (QED) is 0.218. The van der Waals surface area contributed by atoms with Gasteiger partial charge in [-0.05, 0) is 78.8 Å². The molecule has 0 aliphatic carbocycles. The van der Waals surface area contributed by atoms with Gasteiger partial charge in [0.2, 0.25) is 0 Å². The van der Waals surface area contributed by atoms with Crippen LogP contribution >= 0.6 is 0 Å².